The third-order valence-electron chi connectivity index (χ3n) is 2.41. The van der Waals surface area contributed by atoms with Gasteiger partial charge in [-0.1, -0.05) is 6.92 Å². The van der Waals surface area contributed by atoms with Crippen LogP contribution in [0.25, 0.3) is 0 Å². The maximum absolute atomic E-state index is 5.62. The lowest BCUT2D eigenvalue weighted by molar-refractivity contribution is -0.0166. The molecule has 0 N–H and O–H groups in total. The second-order valence-corrected chi connectivity index (χ2v) is 3.52. The molecule has 1 aliphatic heterocycles. The molecule has 2 atom stereocenters. The number of hydrogen-bond donors (Lipinski definition) is 0. The lowest BCUT2D eigenvalue weighted by atomic mass is 9.97. The van der Waals surface area contributed by atoms with Crippen LogP contribution in [0.5, 0.6) is 0 Å². The highest BCUT2D eigenvalue weighted by atomic mass is 16.5. The molecule has 0 saturated carbocycles. The molecule has 0 radical (unpaired) electrons. The molecule has 1 fully saturated rings. The summed E-state index contributed by atoms with van der Waals surface area (Å²) in [7, 11) is 2.18. The lowest BCUT2D eigenvalue weighted by Crippen LogP contribution is -2.40. The highest BCUT2D eigenvalue weighted by molar-refractivity contribution is 4.76. The largest absolute Gasteiger partial charge is 0.378 e. The minimum Gasteiger partial charge on any atom is -0.378 e. The fourth-order valence-electron chi connectivity index (χ4n) is 1.79. The van der Waals surface area contributed by atoms with Crippen LogP contribution < -0.4 is 0 Å². The number of likely N-dealkylation sites (tertiary alicyclic amines) is 1. The van der Waals surface area contributed by atoms with E-state index in [1.807, 2.05) is 0 Å². The van der Waals surface area contributed by atoms with E-state index in [0.717, 1.165) is 6.61 Å². The SMILES string of the molecule is CCOC1CCN(C)CC1C. The van der Waals surface area contributed by atoms with E-state index in [9.17, 15) is 0 Å². The van der Waals surface area contributed by atoms with E-state index in [1.54, 1.807) is 0 Å². The van der Waals surface area contributed by atoms with Gasteiger partial charge in [0.2, 0.25) is 0 Å². The van der Waals surface area contributed by atoms with Crippen LogP contribution in [-0.4, -0.2) is 37.7 Å². The molecule has 1 aliphatic rings. The summed E-state index contributed by atoms with van der Waals surface area (Å²) < 4.78 is 5.62. The Hall–Kier alpha value is -0.0800. The summed E-state index contributed by atoms with van der Waals surface area (Å²) in [6, 6.07) is 0. The normalized spacial score (nSPS) is 34.1. The molecule has 0 aliphatic carbocycles. The molecule has 0 aromatic heterocycles. The van der Waals surface area contributed by atoms with Crippen molar-refractivity contribution in [3.63, 3.8) is 0 Å². The number of rotatable bonds is 2. The van der Waals surface area contributed by atoms with Crippen molar-refractivity contribution in [3.8, 4) is 0 Å². The Bertz CT molecular complexity index is 116. The molecule has 0 bridgehead atoms. The summed E-state index contributed by atoms with van der Waals surface area (Å²) in [5.74, 6) is 0.702. The Balaban J connectivity index is 2.31. The molecule has 0 aromatic carbocycles. The molecule has 2 unspecified atom stereocenters. The first kappa shape index (κ1) is 9.01. The third-order valence-corrected chi connectivity index (χ3v) is 2.41. The predicted molar refractivity (Wildman–Crippen MR) is 46.7 cm³/mol. The molecule has 0 spiro atoms. The van der Waals surface area contributed by atoms with Gasteiger partial charge in [0.15, 0.2) is 0 Å². The van der Waals surface area contributed by atoms with E-state index < -0.39 is 0 Å². The van der Waals surface area contributed by atoms with E-state index >= 15 is 0 Å². The Morgan fingerprint density at radius 3 is 2.82 bits per heavy atom. The summed E-state index contributed by atoms with van der Waals surface area (Å²) >= 11 is 0. The Morgan fingerprint density at radius 1 is 1.55 bits per heavy atom. The molecular formula is C9H19NO. The van der Waals surface area contributed by atoms with Gasteiger partial charge in [-0.3, -0.25) is 0 Å². The number of hydrogen-bond acceptors (Lipinski definition) is 2. The number of nitrogens with zero attached hydrogens (tertiary/aromatic N) is 1. The smallest absolute Gasteiger partial charge is 0.0624 e. The quantitative estimate of drug-likeness (QED) is 0.600. The monoisotopic (exact) mass is 157 g/mol. The molecule has 0 amide bonds. The van der Waals surface area contributed by atoms with E-state index in [-0.39, 0.29) is 0 Å². The van der Waals surface area contributed by atoms with Crippen molar-refractivity contribution in [3.05, 3.63) is 0 Å². The van der Waals surface area contributed by atoms with E-state index in [4.69, 9.17) is 4.74 Å². The molecule has 66 valence electrons. The Morgan fingerprint density at radius 2 is 2.27 bits per heavy atom. The van der Waals surface area contributed by atoms with Crippen molar-refractivity contribution in [2.45, 2.75) is 26.4 Å². The fourth-order valence-corrected chi connectivity index (χ4v) is 1.79. The average Bonchev–Trinajstić information content (AvgIpc) is 1.95. The summed E-state index contributed by atoms with van der Waals surface area (Å²) in [5.41, 5.74) is 0. The van der Waals surface area contributed by atoms with E-state index in [2.05, 4.69) is 25.8 Å². The van der Waals surface area contributed by atoms with Crippen LogP contribution in [0, 0.1) is 5.92 Å². The van der Waals surface area contributed by atoms with Gasteiger partial charge in [0.25, 0.3) is 0 Å². The van der Waals surface area contributed by atoms with Crippen LogP contribution in [0.4, 0.5) is 0 Å². The second kappa shape index (κ2) is 4.07. The zero-order valence-electron chi connectivity index (χ0n) is 7.84. The highest BCUT2D eigenvalue weighted by Crippen LogP contribution is 2.18. The molecule has 11 heavy (non-hydrogen) atoms. The molecule has 0 aromatic rings. The van der Waals surface area contributed by atoms with Crippen LogP contribution in [0.3, 0.4) is 0 Å². The summed E-state index contributed by atoms with van der Waals surface area (Å²) in [4.78, 5) is 2.38. The first-order valence-corrected chi connectivity index (χ1v) is 4.54. The fraction of sp³-hybridized carbons (Fsp3) is 1.00. The van der Waals surface area contributed by atoms with Gasteiger partial charge in [-0.25, -0.2) is 0 Å². The first-order valence-electron chi connectivity index (χ1n) is 4.54. The Kier molecular flexibility index (Phi) is 3.34. The van der Waals surface area contributed by atoms with Crippen molar-refractivity contribution in [1.29, 1.82) is 0 Å². The maximum Gasteiger partial charge on any atom is 0.0624 e. The minimum absolute atomic E-state index is 0.510. The van der Waals surface area contributed by atoms with E-state index in [0.29, 0.717) is 12.0 Å². The van der Waals surface area contributed by atoms with Crippen molar-refractivity contribution < 1.29 is 4.74 Å². The molecule has 2 heteroatoms. The van der Waals surface area contributed by atoms with Gasteiger partial charge in [-0.05, 0) is 26.3 Å². The van der Waals surface area contributed by atoms with Crippen LogP contribution in [0.15, 0.2) is 0 Å². The second-order valence-electron chi connectivity index (χ2n) is 3.52. The topological polar surface area (TPSA) is 12.5 Å². The van der Waals surface area contributed by atoms with Crippen molar-refractivity contribution in [2.75, 3.05) is 26.7 Å². The predicted octanol–water partition coefficient (Wildman–Crippen LogP) is 1.36. The molecule has 1 saturated heterocycles. The van der Waals surface area contributed by atoms with Crippen LogP contribution in [0.1, 0.15) is 20.3 Å². The van der Waals surface area contributed by atoms with Crippen molar-refractivity contribution in [1.82, 2.24) is 4.90 Å². The molecule has 2 nitrogen and oxygen atoms in total. The zero-order chi connectivity index (χ0) is 8.27. The van der Waals surface area contributed by atoms with Gasteiger partial charge >= 0.3 is 0 Å². The highest BCUT2D eigenvalue weighted by Gasteiger charge is 2.23. The van der Waals surface area contributed by atoms with Gasteiger partial charge in [0, 0.05) is 19.7 Å². The van der Waals surface area contributed by atoms with Gasteiger partial charge in [0.05, 0.1) is 6.10 Å². The number of ether oxygens (including phenoxy) is 1. The Labute approximate surface area is 69.5 Å². The van der Waals surface area contributed by atoms with Gasteiger partial charge < -0.3 is 9.64 Å². The van der Waals surface area contributed by atoms with Gasteiger partial charge in [-0.15, -0.1) is 0 Å². The number of piperidine rings is 1. The summed E-state index contributed by atoms with van der Waals surface area (Å²) in [5, 5.41) is 0. The van der Waals surface area contributed by atoms with Crippen molar-refractivity contribution >= 4 is 0 Å². The van der Waals surface area contributed by atoms with Crippen LogP contribution in [0.2, 0.25) is 0 Å². The van der Waals surface area contributed by atoms with E-state index in [1.165, 1.54) is 19.5 Å². The molecular weight excluding hydrogens is 138 g/mol. The molecule has 1 rings (SSSR count). The standard InChI is InChI=1S/C9H19NO/c1-4-11-9-5-6-10(3)7-8(9)2/h8-9H,4-7H2,1-3H3. The lowest BCUT2D eigenvalue weighted by Gasteiger charge is -2.34. The average molecular weight is 157 g/mol. The zero-order valence-corrected chi connectivity index (χ0v) is 7.84. The minimum atomic E-state index is 0.510. The van der Waals surface area contributed by atoms with Gasteiger partial charge in [0.1, 0.15) is 0 Å². The van der Waals surface area contributed by atoms with Crippen LogP contribution in [-0.2, 0) is 4.74 Å². The van der Waals surface area contributed by atoms with Crippen molar-refractivity contribution in [2.24, 2.45) is 5.92 Å². The first-order chi connectivity index (χ1) is 5.24. The summed E-state index contributed by atoms with van der Waals surface area (Å²) in [6.07, 6.45) is 1.71. The summed E-state index contributed by atoms with van der Waals surface area (Å²) in [6.45, 7) is 7.58. The maximum atomic E-state index is 5.62. The van der Waals surface area contributed by atoms with Crippen LogP contribution >= 0.6 is 0 Å². The molecule has 1 heterocycles. The van der Waals surface area contributed by atoms with Gasteiger partial charge in [-0.2, -0.15) is 0 Å². The third kappa shape index (κ3) is 2.46.